The summed E-state index contributed by atoms with van der Waals surface area (Å²) in [6.45, 7) is 13.1. The van der Waals surface area contributed by atoms with Crippen LogP contribution >= 0.6 is 0 Å². The van der Waals surface area contributed by atoms with Crippen LogP contribution in [0.2, 0.25) is 0 Å². The molecular weight excluding hydrogens is 528 g/mol. The molecule has 2 saturated carbocycles. The number of fused-ring (bicyclic) bond motifs is 1. The van der Waals surface area contributed by atoms with Crippen LogP contribution in [0, 0.1) is 23.2 Å². The molecule has 230 valence electrons. The minimum atomic E-state index is -1.55. The minimum Gasteiger partial charge on any atom is -0.444 e. The summed E-state index contributed by atoms with van der Waals surface area (Å²) >= 11 is 0. The van der Waals surface area contributed by atoms with Crippen molar-refractivity contribution in [1.29, 1.82) is 0 Å². The van der Waals surface area contributed by atoms with E-state index in [1.54, 1.807) is 34.6 Å². The Kier molecular flexibility index (Phi) is 9.93. The van der Waals surface area contributed by atoms with Gasteiger partial charge in [-0.15, -0.1) is 0 Å². The van der Waals surface area contributed by atoms with Crippen LogP contribution < -0.4 is 16.4 Å². The van der Waals surface area contributed by atoms with E-state index in [0.717, 1.165) is 24.8 Å². The van der Waals surface area contributed by atoms with E-state index in [1.807, 2.05) is 13.8 Å². The Morgan fingerprint density at radius 1 is 1.12 bits per heavy atom. The van der Waals surface area contributed by atoms with Crippen LogP contribution in [0.1, 0.15) is 87.0 Å². The van der Waals surface area contributed by atoms with Crippen molar-refractivity contribution in [3.8, 4) is 0 Å². The molecule has 11 heteroatoms. The summed E-state index contributed by atoms with van der Waals surface area (Å²) in [4.78, 5) is 66.1. The Labute approximate surface area is 243 Å². The zero-order chi connectivity index (χ0) is 30.9. The third-order valence-electron chi connectivity index (χ3n) is 8.69. The second-order valence-electron chi connectivity index (χ2n) is 13.8. The summed E-state index contributed by atoms with van der Waals surface area (Å²) < 4.78 is 5.38. The Hall–Kier alpha value is -2.95. The van der Waals surface area contributed by atoms with Crippen molar-refractivity contribution >= 4 is 29.6 Å². The number of allylic oxidation sites excluding steroid dienone is 2. The molecule has 4 amide bonds. The highest BCUT2D eigenvalue weighted by atomic mass is 16.6. The molecule has 11 nitrogen and oxygen atoms in total. The third-order valence-corrected chi connectivity index (χ3v) is 8.69. The molecular formula is C30H48N4O7. The molecule has 1 heterocycles. The zero-order valence-corrected chi connectivity index (χ0v) is 25.5. The highest BCUT2D eigenvalue weighted by Gasteiger charge is 2.69. The van der Waals surface area contributed by atoms with Gasteiger partial charge in [0.25, 0.3) is 0 Å². The van der Waals surface area contributed by atoms with Gasteiger partial charge in [-0.3, -0.25) is 19.2 Å². The van der Waals surface area contributed by atoms with Crippen LogP contribution in [-0.2, 0) is 23.9 Å². The smallest absolute Gasteiger partial charge is 0.408 e. The number of aliphatic hydroxyl groups is 1. The van der Waals surface area contributed by atoms with Gasteiger partial charge in [-0.2, -0.15) is 0 Å². The number of nitrogens with two attached hydrogens (primary N) is 1. The fourth-order valence-electron chi connectivity index (χ4n) is 6.22. The van der Waals surface area contributed by atoms with Gasteiger partial charge in [0, 0.05) is 13.0 Å². The lowest BCUT2D eigenvalue weighted by Crippen LogP contribution is -2.59. The molecule has 0 radical (unpaired) electrons. The lowest BCUT2D eigenvalue weighted by atomic mass is 9.79. The monoisotopic (exact) mass is 576 g/mol. The van der Waals surface area contributed by atoms with Gasteiger partial charge in [0.1, 0.15) is 17.7 Å². The Bertz CT molecular complexity index is 1070. The van der Waals surface area contributed by atoms with Gasteiger partial charge in [-0.25, -0.2) is 4.79 Å². The van der Waals surface area contributed by atoms with Crippen molar-refractivity contribution in [2.45, 2.75) is 117 Å². The molecule has 0 spiro atoms. The first-order chi connectivity index (χ1) is 18.9. The van der Waals surface area contributed by atoms with Gasteiger partial charge in [-0.05, 0) is 76.7 Å². The molecule has 0 aromatic rings. The maximum absolute atomic E-state index is 14.0. The van der Waals surface area contributed by atoms with E-state index in [4.69, 9.17) is 10.5 Å². The van der Waals surface area contributed by atoms with Gasteiger partial charge in [0.2, 0.25) is 17.7 Å². The summed E-state index contributed by atoms with van der Waals surface area (Å²) in [7, 11) is 0. The predicted molar refractivity (Wildman–Crippen MR) is 152 cm³/mol. The number of primary amides is 1. The average Bonchev–Trinajstić information content (AvgIpc) is 3.13. The van der Waals surface area contributed by atoms with Gasteiger partial charge in [0.15, 0.2) is 11.9 Å². The summed E-state index contributed by atoms with van der Waals surface area (Å²) in [6.07, 6.45) is 2.60. The van der Waals surface area contributed by atoms with Crippen molar-refractivity contribution in [2.75, 3.05) is 6.54 Å². The van der Waals surface area contributed by atoms with E-state index >= 15 is 0 Å². The number of ether oxygens (including phenoxy) is 1. The number of carbonyl (C=O) groups excluding carboxylic acids is 5. The molecule has 5 N–H and O–H groups in total. The van der Waals surface area contributed by atoms with Crippen LogP contribution in [0.5, 0.6) is 0 Å². The number of ketones is 1. The van der Waals surface area contributed by atoms with Gasteiger partial charge < -0.3 is 31.1 Å². The average molecular weight is 577 g/mol. The molecule has 6 atom stereocenters. The summed E-state index contributed by atoms with van der Waals surface area (Å²) in [5, 5.41) is 16.0. The van der Waals surface area contributed by atoms with Crippen molar-refractivity contribution in [3.63, 3.8) is 0 Å². The molecule has 0 aromatic heterocycles. The van der Waals surface area contributed by atoms with Gasteiger partial charge in [0.05, 0.1) is 6.04 Å². The molecule has 3 fully saturated rings. The van der Waals surface area contributed by atoms with Crippen LogP contribution in [0.3, 0.4) is 0 Å². The SMILES string of the molecule is CC(C)=CC(=O)CC[C@H](NC(=O)OC(C)(C)C)C(=O)N1CC2[C@@H](C1C(=O)NC(CC1CCC1)C(O)C(N)=O)C2(C)C. The van der Waals surface area contributed by atoms with Crippen LogP contribution in [-0.4, -0.2) is 76.0 Å². The highest BCUT2D eigenvalue weighted by molar-refractivity contribution is 5.94. The number of piperidine rings is 1. The van der Waals surface area contributed by atoms with E-state index in [0.29, 0.717) is 13.0 Å². The van der Waals surface area contributed by atoms with Gasteiger partial charge in [-0.1, -0.05) is 38.7 Å². The first kappa shape index (κ1) is 32.6. The van der Waals surface area contributed by atoms with E-state index in [9.17, 15) is 29.1 Å². The zero-order valence-electron chi connectivity index (χ0n) is 25.5. The fraction of sp³-hybridized carbons (Fsp3) is 0.767. The number of likely N-dealkylation sites (tertiary alicyclic amines) is 1. The van der Waals surface area contributed by atoms with Crippen molar-refractivity contribution < 1.29 is 33.8 Å². The van der Waals surface area contributed by atoms with E-state index in [2.05, 4.69) is 10.6 Å². The number of hydrogen-bond acceptors (Lipinski definition) is 7. The molecule has 1 aliphatic heterocycles. The molecule has 0 aromatic carbocycles. The molecule has 2 aliphatic carbocycles. The van der Waals surface area contributed by atoms with Crippen LogP contribution in [0.25, 0.3) is 0 Å². The largest absolute Gasteiger partial charge is 0.444 e. The molecule has 0 bridgehead atoms. The normalized spacial score (nSPS) is 25.1. The maximum Gasteiger partial charge on any atom is 0.408 e. The van der Waals surface area contributed by atoms with Crippen molar-refractivity contribution in [1.82, 2.24) is 15.5 Å². The Morgan fingerprint density at radius 3 is 2.27 bits per heavy atom. The maximum atomic E-state index is 14.0. The number of nitrogens with zero attached hydrogens (tertiary/aromatic N) is 1. The molecule has 1 saturated heterocycles. The lowest BCUT2D eigenvalue weighted by molar-refractivity contribution is -0.143. The van der Waals surface area contributed by atoms with E-state index < -0.39 is 53.6 Å². The standard InChI is InChI=1S/C30H48N4O7/c1-16(2)13-18(35)11-12-20(33-28(40)41-29(3,4)5)27(39)34-15-19-22(30(19,6)7)23(34)26(38)32-21(24(36)25(31)37)14-17-9-8-10-17/h13,17,19-24,36H,8-12,14-15H2,1-7H3,(H2,31,37)(H,32,38)(H,33,40)/t19?,20-,21?,22-,23?,24?/m0/s1. The first-order valence-electron chi connectivity index (χ1n) is 14.7. The Morgan fingerprint density at radius 2 is 1.76 bits per heavy atom. The number of amides is 4. The second-order valence-corrected chi connectivity index (χ2v) is 13.8. The topological polar surface area (TPSA) is 168 Å². The van der Waals surface area contributed by atoms with Gasteiger partial charge >= 0.3 is 6.09 Å². The van der Waals surface area contributed by atoms with Crippen molar-refractivity contribution in [3.05, 3.63) is 11.6 Å². The summed E-state index contributed by atoms with van der Waals surface area (Å²) in [5.74, 6) is -1.80. The number of hydrogen-bond donors (Lipinski definition) is 4. The lowest BCUT2D eigenvalue weighted by Gasteiger charge is -2.36. The summed E-state index contributed by atoms with van der Waals surface area (Å²) in [6, 6.07) is -2.80. The Balaban J connectivity index is 1.83. The quantitative estimate of drug-likeness (QED) is 0.258. The number of aliphatic hydroxyl groups excluding tert-OH is 1. The number of nitrogens with one attached hydrogen (secondary N) is 2. The second kappa shape index (κ2) is 12.5. The predicted octanol–water partition coefficient (Wildman–Crippen LogP) is 2.20. The van der Waals surface area contributed by atoms with Crippen LogP contribution in [0.15, 0.2) is 11.6 Å². The third kappa shape index (κ3) is 8.08. The summed E-state index contributed by atoms with van der Waals surface area (Å²) in [5.41, 5.74) is 5.23. The molecule has 3 rings (SSSR count). The first-order valence-corrected chi connectivity index (χ1v) is 14.7. The fourth-order valence-corrected chi connectivity index (χ4v) is 6.22. The van der Waals surface area contributed by atoms with E-state index in [-0.39, 0.29) is 41.8 Å². The molecule has 3 aliphatic rings. The number of rotatable bonds is 12. The highest BCUT2D eigenvalue weighted by Crippen LogP contribution is 2.65. The molecule has 41 heavy (non-hydrogen) atoms. The number of carbonyl (C=O) groups is 5. The van der Waals surface area contributed by atoms with Crippen molar-refractivity contribution in [2.24, 2.45) is 28.9 Å². The minimum absolute atomic E-state index is 0.0225. The van der Waals surface area contributed by atoms with Crippen LogP contribution in [0.4, 0.5) is 4.79 Å². The van der Waals surface area contributed by atoms with E-state index in [1.165, 1.54) is 11.0 Å². The molecule has 4 unspecified atom stereocenters. The number of alkyl carbamates (subject to hydrolysis) is 1.